The van der Waals surface area contributed by atoms with Gasteiger partial charge in [0.2, 0.25) is 5.91 Å². The molecule has 2 aliphatic carbocycles. The molecule has 2 rings (SSSR count). The Labute approximate surface area is 90.2 Å². The Kier molecular flexibility index (Phi) is 3.37. The van der Waals surface area contributed by atoms with Crippen molar-refractivity contribution in [2.24, 2.45) is 5.92 Å². The van der Waals surface area contributed by atoms with Gasteiger partial charge in [0.05, 0.1) is 5.25 Å². The van der Waals surface area contributed by atoms with Crippen LogP contribution in [-0.4, -0.2) is 23.0 Å². The number of nitrogens with one attached hydrogen (secondary N) is 1. The molecule has 80 valence electrons. The summed E-state index contributed by atoms with van der Waals surface area (Å²) < 4.78 is 0. The molecular formula is C11H19NOS. The molecular weight excluding hydrogens is 194 g/mol. The van der Waals surface area contributed by atoms with E-state index in [4.69, 9.17) is 0 Å². The molecule has 0 spiro atoms. The third-order valence-corrected chi connectivity index (χ3v) is 4.48. The van der Waals surface area contributed by atoms with Gasteiger partial charge in [-0.15, -0.1) is 11.8 Å². The predicted molar refractivity (Wildman–Crippen MR) is 60.4 cm³/mol. The summed E-state index contributed by atoms with van der Waals surface area (Å²) in [5.41, 5.74) is 0. The number of carbonyl (C=O) groups excluding carboxylic acids is 1. The van der Waals surface area contributed by atoms with E-state index < -0.39 is 0 Å². The average Bonchev–Trinajstić information content (AvgIpc) is 2.85. The molecule has 2 fully saturated rings. The lowest BCUT2D eigenvalue weighted by atomic mass is 9.87. The van der Waals surface area contributed by atoms with E-state index in [1.54, 1.807) is 0 Å². The molecule has 3 heteroatoms. The van der Waals surface area contributed by atoms with Crippen LogP contribution in [0.15, 0.2) is 0 Å². The van der Waals surface area contributed by atoms with E-state index >= 15 is 0 Å². The number of amides is 1. The van der Waals surface area contributed by atoms with Gasteiger partial charge in [-0.25, -0.2) is 0 Å². The lowest BCUT2D eigenvalue weighted by Gasteiger charge is -2.25. The van der Waals surface area contributed by atoms with Gasteiger partial charge in [0.15, 0.2) is 0 Å². The summed E-state index contributed by atoms with van der Waals surface area (Å²) in [6.07, 6.45) is 6.53. The molecule has 1 N–H and O–H groups in total. The number of carbonyl (C=O) groups is 1. The molecule has 0 aromatic heterocycles. The number of hydrogen-bond acceptors (Lipinski definition) is 2. The van der Waals surface area contributed by atoms with Gasteiger partial charge in [-0.3, -0.25) is 4.79 Å². The van der Waals surface area contributed by atoms with E-state index in [9.17, 15) is 4.79 Å². The summed E-state index contributed by atoms with van der Waals surface area (Å²) in [5, 5.41) is 3.20. The molecule has 14 heavy (non-hydrogen) atoms. The zero-order valence-corrected chi connectivity index (χ0v) is 9.61. The zero-order valence-electron chi connectivity index (χ0n) is 8.79. The van der Waals surface area contributed by atoms with E-state index in [1.807, 2.05) is 18.7 Å². The van der Waals surface area contributed by atoms with Crippen molar-refractivity contribution in [1.29, 1.82) is 0 Å². The predicted octanol–water partition coefficient (Wildman–Crippen LogP) is 2.19. The molecule has 0 aromatic rings. The fraction of sp³-hybridized carbons (Fsp3) is 0.909. The lowest BCUT2D eigenvalue weighted by molar-refractivity contribution is -0.120. The smallest absolute Gasteiger partial charge is 0.233 e. The van der Waals surface area contributed by atoms with Crippen LogP contribution in [0.25, 0.3) is 0 Å². The van der Waals surface area contributed by atoms with Crippen molar-refractivity contribution < 1.29 is 4.79 Å². The Morgan fingerprint density at radius 2 is 2.14 bits per heavy atom. The van der Waals surface area contributed by atoms with Crippen molar-refractivity contribution in [2.75, 3.05) is 5.75 Å². The molecule has 2 nitrogen and oxygen atoms in total. The van der Waals surface area contributed by atoms with Crippen LogP contribution in [0.2, 0.25) is 0 Å². The Hall–Kier alpha value is -0.180. The van der Waals surface area contributed by atoms with Crippen LogP contribution in [0.4, 0.5) is 0 Å². The van der Waals surface area contributed by atoms with Crippen LogP contribution in [0.1, 0.15) is 39.0 Å². The Morgan fingerprint density at radius 3 is 2.64 bits per heavy atom. The van der Waals surface area contributed by atoms with Crippen LogP contribution < -0.4 is 5.32 Å². The third kappa shape index (κ3) is 2.91. The van der Waals surface area contributed by atoms with E-state index in [2.05, 4.69) is 5.32 Å². The highest BCUT2D eigenvalue weighted by molar-refractivity contribution is 8.00. The van der Waals surface area contributed by atoms with Crippen LogP contribution >= 0.6 is 11.8 Å². The van der Waals surface area contributed by atoms with Gasteiger partial charge >= 0.3 is 0 Å². The van der Waals surface area contributed by atoms with Crippen LogP contribution in [0.5, 0.6) is 0 Å². The molecule has 2 saturated carbocycles. The minimum atomic E-state index is 0.149. The first kappa shape index (κ1) is 10.3. The molecule has 0 aromatic carbocycles. The van der Waals surface area contributed by atoms with E-state index in [0.717, 1.165) is 5.92 Å². The maximum atomic E-state index is 11.6. The second-order valence-electron chi connectivity index (χ2n) is 4.56. The largest absolute Gasteiger partial charge is 0.352 e. The topological polar surface area (TPSA) is 29.1 Å². The highest BCUT2D eigenvalue weighted by Crippen LogP contribution is 2.31. The standard InChI is InChI=1S/C11H19NOS/c1-8(11(13)12-10-5-6-10)14-7-9-3-2-4-9/h8-10H,2-7H2,1H3,(H,12,13)/t8-/m1/s1. The van der Waals surface area contributed by atoms with Crippen LogP contribution in [0, 0.1) is 5.92 Å². The van der Waals surface area contributed by atoms with Gasteiger partial charge in [0.25, 0.3) is 0 Å². The summed E-state index contributed by atoms with van der Waals surface area (Å²) in [4.78, 5) is 11.6. The van der Waals surface area contributed by atoms with Gasteiger partial charge in [-0.05, 0) is 44.3 Å². The van der Waals surface area contributed by atoms with Crippen LogP contribution in [0.3, 0.4) is 0 Å². The molecule has 0 radical (unpaired) electrons. The zero-order chi connectivity index (χ0) is 9.97. The number of rotatable bonds is 5. The quantitative estimate of drug-likeness (QED) is 0.758. The summed E-state index contributed by atoms with van der Waals surface area (Å²) in [5.74, 6) is 2.33. The summed E-state index contributed by atoms with van der Waals surface area (Å²) in [7, 11) is 0. The normalized spacial score (nSPS) is 24.1. The molecule has 0 saturated heterocycles. The molecule has 1 amide bonds. The fourth-order valence-electron chi connectivity index (χ4n) is 1.56. The molecule has 1 atom stereocenters. The van der Waals surface area contributed by atoms with Crippen molar-refractivity contribution in [3.63, 3.8) is 0 Å². The van der Waals surface area contributed by atoms with Crippen molar-refractivity contribution in [2.45, 2.75) is 50.3 Å². The first-order valence-corrected chi connectivity index (χ1v) is 6.72. The van der Waals surface area contributed by atoms with E-state index in [1.165, 1.54) is 37.9 Å². The van der Waals surface area contributed by atoms with Gasteiger partial charge < -0.3 is 5.32 Å². The Morgan fingerprint density at radius 1 is 1.43 bits per heavy atom. The maximum Gasteiger partial charge on any atom is 0.233 e. The van der Waals surface area contributed by atoms with E-state index in [0.29, 0.717) is 6.04 Å². The first-order valence-electron chi connectivity index (χ1n) is 5.67. The van der Waals surface area contributed by atoms with Gasteiger partial charge in [0, 0.05) is 6.04 Å². The van der Waals surface area contributed by atoms with Gasteiger partial charge in [-0.1, -0.05) is 6.42 Å². The molecule has 0 bridgehead atoms. The molecule has 0 aliphatic heterocycles. The third-order valence-electron chi connectivity index (χ3n) is 3.10. The summed E-state index contributed by atoms with van der Waals surface area (Å²) >= 11 is 1.83. The van der Waals surface area contributed by atoms with Crippen molar-refractivity contribution in [3.8, 4) is 0 Å². The minimum absolute atomic E-state index is 0.149. The molecule has 2 aliphatic rings. The number of hydrogen-bond donors (Lipinski definition) is 1. The summed E-state index contributed by atoms with van der Waals surface area (Å²) in [6.45, 7) is 2.03. The monoisotopic (exact) mass is 213 g/mol. The highest BCUT2D eigenvalue weighted by Gasteiger charge is 2.26. The van der Waals surface area contributed by atoms with Crippen molar-refractivity contribution in [3.05, 3.63) is 0 Å². The average molecular weight is 213 g/mol. The fourth-order valence-corrected chi connectivity index (χ4v) is 2.68. The lowest BCUT2D eigenvalue weighted by Crippen LogP contribution is -2.33. The van der Waals surface area contributed by atoms with Gasteiger partial charge in [0.1, 0.15) is 0 Å². The summed E-state index contributed by atoms with van der Waals surface area (Å²) in [6, 6.07) is 0.509. The van der Waals surface area contributed by atoms with Crippen LogP contribution in [-0.2, 0) is 4.79 Å². The van der Waals surface area contributed by atoms with E-state index in [-0.39, 0.29) is 11.2 Å². The maximum absolute atomic E-state index is 11.6. The second kappa shape index (κ2) is 4.56. The minimum Gasteiger partial charge on any atom is -0.352 e. The Balaban J connectivity index is 1.60. The number of thioether (sulfide) groups is 1. The first-order chi connectivity index (χ1) is 6.75. The van der Waals surface area contributed by atoms with Gasteiger partial charge in [-0.2, -0.15) is 0 Å². The highest BCUT2D eigenvalue weighted by atomic mass is 32.2. The molecule has 0 heterocycles. The SMILES string of the molecule is C[C@@H](SCC1CCC1)C(=O)NC1CC1. The van der Waals surface area contributed by atoms with Crippen molar-refractivity contribution >= 4 is 17.7 Å². The second-order valence-corrected chi connectivity index (χ2v) is 5.93. The Bertz CT molecular complexity index is 211. The molecule has 0 unspecified atom stereocenters. The van der Waals surface area contributed by atoms with Crippen molar-refractivity contribution in [1.82, 2.24) is 5.32 Å².